The molecule has 2 heterocycles. The van der Waals surface area contributed by atoms with E-state index in [1.807, 2.05) is 0 Å². The van der Waals surface area contributed by atoms with Gasteiger partial charge in [0.25, 0.3) is 0 Å². The van der Waals surface area contributed by atoms with E-state index in [9.17, 15) is 4.79 Å². The van der Waals surface area contributed by atoms with Gasteiger partial charge < -0.3 is 10.0 Å². The zero-order valence-corrected chi connectivity index (χ0v) is 11.4. The molecule has 5 nitrogen and oxygen atoms in total. The van der Waals surface area contributed by atoms with Gasteiger partial charge in [-0.25, -0.2) is 14.8 Å². The molecule has 1 aliphatic carbocycles. The number of aliphatic carboxylic acids is 1. The van der Waals surface area contributed by atoms with Crippen molar-refractivity contribution in [1.29, 1.82) is 0 Å². The van der Waals surface area contributed by atoms with Crippen molar-refractivity contribution in [1.82, 2.24) is 9.97 Å². The topological polar surface area (TPSA) is 66.3 Å². The molecule has 1 aromatic rings. The number of piperidine rings is 1. The van der Waals surface area contributed by atoms with Crippen molar-refractivity contribution in [3.05, 3.63) is 24.0 Å². The van der Waals surface area contributed by atoms with Gasteiger partial charge in [0.15, 0.2) is 0 Å². The molecule has 20 heavy (non-hydrogen) atoms. The predicted octanol–water partition coefficient (Wildman–Crippen LogP) is 2.34. The normalized spacial score (nSPS) is 25.9. The molecular weight excluding hydrogens is 254 g/mol. The van der Waals surface area contributed by atoms with E-state index in [1.165, 1.54) is 38.2 Å². The molecule has 2 atom stereocenters. The largest absolute Gasteiger partial charge is 0.478 e. The summed E-state index contributed by atoms with van der Waals surface area (Å²) in [7, 11) is 0. The minimum Gasteiger partial charge on any atom is -0.478 e. The number of carboxylic acid groups (broad SMARTS) is 1. The van der Waals surface area contributed by atoms with E-state index in [4.69, 9.17) is 5.11 Å². The molecule has 2 fully saturated rings. The molecule has 106 valence electrons. The number of anilines is 1. The number of rotatable bonds is 3. The number of carbonyl (C=O) groups is 1. The summed E-state index contributed by atoms with van der Waals surface area (Å²) in [6, 6.07) is 0.601. The molecule has 0 bridgehead atoms. The van der Waals surface area contributed by atoms with E-state index < -0.39 is 5.97 Å². The first-order valence-electron chi connectivity index (χ1n) is 7.24. The van der Waals surface area contributed by atoms with Gasteiger partial charge in [-0.05, 0) is 37.7 Å². The minimum absolute atomic E-state index is 0.601. The Hall–Kier alpha value is -1.91. The molecule has 0 aromatic carbocycles. The molecule has 3 rings (SSSR count). The highest BCUT2D eigenvalue weighted by Crippen LogP contribution is 2.37. The summed E-state index contributed by atoms with van der Waals surface area (Å²) < 4.78 is 0. The molecule has 1 aromatic heterocycles. The maximum Gasteiger partial charge on any atom is 0.328 e. The van der Waals surface area contributed by atoms with Crippen molar-refractivity contribution < 1.29 is 9.90 Å². The van der Waals surface area contributed by atoms with Crippen molar-refractivity contribution in [2.24, 2.45) is 5.92 Å². The Balaban J connectivity index is 1.75. The van der Waals surface area contributed by atoms with Crippen LogP contribution < -0.4 is 4.90 Å². The molecule has 2 unspecified atom stereocenters. The van der Waals surface area contributed by atoms with Crippen LogP contribution in [0.25, 0.3) is 6.08 Å². The van der Waals surface area contributed by atoms with E-state index in [0.29, 0.717) is 6.04 Å². The van der Waals surface area contributed by atoms with Crippen LogP contribution in [0.15, 0.2) is 18.5 Å². The van der Waals surface area contributed by atoms with Gasteiger partial charge in [0.1, 0.15) is 0 Å². The first-order valence-corrected chi connectivity index (χ1v) is 7.24. The highest BCUT2D eigenvalue weighted by atomic mass is 16.4. The first-order chi connectivity index (χ1) is 9.74. The van der Waals surface area contributed by atoms with Crippen LogP contribution in [0.2, 0.25) is 0 Å². The molecule has 0 amide bonds. The summed E-state index contributed by atoms with van der Waals surface area (Å²) in [6.45, 7) is 1.03. The molecule has 1 N–H and O–H groups in total. The Labute approximate surface area is 118 Å². The van der Waals surface area contributed by atoms with E-state index >= 15 is 0 Å². The third-order valence-corrected chi connectivity index (χ3v) is 4.33. The lowest BCUT2D eigenvalue weighted by Gasteiger charge is -2.37. The molecule has 5 heteroatoms. The van der Waals surface area contributed by atoms with E-state index in [1.54, 1.807) is 12.4 Å². The van der Waals surface area contributed by atoms with Gasteiger partial charge in [-0.3, -0.25) is 0 Å². The SMILES string of the molecule is O=C(O)/C=C/c1cnc(N2CCCC3CCCC32)nc1. The Morgan fingerprint density at radius 3 is 2.75 bits per heavy atom. The van der Waals surface area contributed by atoms with Gasteiger partial charge in [0.2, 0.25) is 5.95 Å². The van der Waals surface area contributed by atoms with Gasteiger partial charge in [0, 0.05) is 36.6 Å². The second-order valence-corrected chi connectivity index (χ2v) is 5.58. The second kappa shape index (κ2) is 5.61. The van der Waals surface area contributed by atoms with Crippen molar-refractivity contribution in [3.8, 4) is 0 Å². The Morgan fingerprint density at radius 1 is 1.25 bits per heavy atom. The second-order valence-electron chi connectivity index (χ2n) is 5.58. The molecule has 2 aliphatic rings. The Kier molecular flexibility index (Phi) is 3.67. The maximum atomic E-state index is 10.5. The van der Waals surface area contributed by atoms with Gasteiger partial charge in [-0.1, -0.05) is 6.42 Å². The standard InChI is InChI=1S/C15H19N3O2/c19-14(20)7-6-11-9-16-15(17-10-11)18-8-2-4-12-3-1-5-13(12)18/h6-7,9-10,12-13H,1-5,8H2,(H,19,20)/b7-6+. The van der Waals surface area contributed by atoms with Gasteiger partial charge >= 0.3 is 5.97 Å². The average molecular weight is 273 g/mol. The summed E-state index contributed by atoms with van der Waals surface area (Å²) in [5.74, 6) is 0.631. The molecule has 0 radical (unpaired) electrons. The lowest BCUT2D eigenvalue weighted by atomic mass is 9.92. The zero-order valence-electron chi connectivity index (χ0n) is 11.4. The summed E-state index contributed by atoms with van der Waals surface area (Å²) in [5.41, 5.74) is 0.719. The van der Waals surface area contributed by atoms with Gasteiger partial charge in [-0.15, -0.1) is 0 Å². The van der Waals surface area contributed by atoms with Crippen molar-refractivity contribution in [2.75, 3.05) is 11.4 Å². The van der Waals surface area contributed by atoms with Crippen molar-refractivity contribution >= 4 is 18.0 Å². The van der Waals surface area contributed by atoms with Crippen molar-refractivity contribution in [3.63, 3.8) is 0 Å². The van der Waals surface area contributed by atoms with Crippen LogP contribution in [-0.4, -0.2) is 33.6 Å². The Morgan fingerprint density at radius 2 is 2.00 bits per heavy atom. The van der Waals surface area contributed by atoms with Crippen LogP contribution in [0.4, 0.5) is 5.95 Å². The van der Waals surface area contributed by atoms with Crippen LogP contribution in [-0.2, 0) is 4.79 Å². The summed E-state index contributed by atoms with van der Waals surface area (Å²) in [5, 5.41) is 8.60. The smallest absolute Gasteiger partial charge is 0.328 e. The molecular formula is C15H19N3O2. The lowest BCUT2D eigenvalue weighted by molar-refractivity contribution is -0.131. The summed E-state index contributed by atoms with van der Waals surface area (Å²) in [6.07, 6.45) is 12.4. The molecule has 1 saturated carbocycles. The van der Waals surface area contributed by atoms with E-state index in [0.717, 1.165) is 30.1 Å². The van der Waals surface area contributed by atoms with Crippen LogP contribution in [0.5, 0.6) is 0 Å². The lowest BCUT2D eigenvalue weighted by Crippen LogP contribution is -2.43. The molecule has 1 saturated heterocycles. The number of carboxylic acids is 1. The monoisotopic (exact) mass is 273 g/mol. The molecule has 0 spiro atoms. The number of hydrogen-bond acceptors (Lipinski definition) is 4. The van der Waals surface area contributed by atoms with Gasteiger partial charge in [0.05, 0.1) is 0 Å². The highest BCUT2D eigenvalue weighted by Gasteiger charge is 2.35. The predicted molar refractivity (Wildman–Crippen MR) is 76.4 cm³/mol. The quantitative estimate of drug-likeness (QED) is 0.856. The average Bonchev–Trinajstić information content (AvgIpc) is 2.94. The number of aromatic nitrogens is 2. The third-order valence-electron chi connectivity index (χ3n) is 4.33. The fraction of sp³-hybridized carbons (Fsp3) is 0.533. The fourth-order valence-electron chi connectivity index (χ4n) is 3.44. The Bertz CT molecular complexity index is 512. The van der Waals surface area contributed by atoms with Crippen molar-refractivity contribution in [2.45, 2.75) is 38.1 Å². The maximum absolute atomic E-state index is 10.5. The van der Waals surface area contributed by atoms with E-state index in [2.05, 4.69) is 14.9 Å². The first kappa shape index (κ1) is 13.1. The third kappa shape index (κ3) is 2.66. The summed E-state index contributed by atoms with van der Waals surface area (Å²) in [4.78, 5) is 21.6. The number of nitrogens with zero attached hydrogens (tertiary/aromatic N) is 3. The fourth-order valence-corrected chi connectivity index (χ4v) is 3.44. The highest BCUT2D eigenvalue weighted by molar-refractivity contribution is 5.85. The minimum atomic E-state index is -0.959. The van der Waals surface area contributed by atoms with Crippen LogP contribution in [0.1, 0.15) is 37.7 Å². The van der Waals surface area contributed by atoms with Gasteiger partial charge in [-0.2, -0.15) is 0 Å². The van der Waals surface area contributed by atoms with Crippen LogP contribution in [0.3, 0.4) is 0 Å². The van der Waals surface area contributed by atoms with Crippen LogP contribution in [0, 0.1) is 5.92 Å². The van der Waals surface area contributed by atoms with E-state index in [-0.39, 0.29) is 0 Å². The summed E-state index contributed by atoms with van der Waals surface area (Å²) >= 11 is 0. The number of fused-ring (bicyclic) bond motifs is 1. The van der Waals surface area contributed by atoms with Crippen LogP contribution >= 0.6 is 0 Å². The molecule has 1 aliphatic heterocycles. The number of hydrogen-bond donors (Lipinski definition) is 1. The zero-order chi connectivity index (χ0) is 13.9.